The van der Waals surface area contributed by atoms with Crippen molar-refractivity contribution in [3.8, 4) is 11.8 Å². The van der Waals surface area contributed by atoms with Gasteiger partial charge in [-0.3, -0.25) is 4.90 Å². The number of aliphatic hydroxyl groups is 1. The standard InChI is InChI=1S/C17H23NO2/c1-2-17-14-20-11-9-18(17)13-16-8-5-7-15(12-16)6-3-4-10-19/h5,7-8,12,17,19H,2,4,9-11,13-14H2,1H3. The molecule has 0 spiro atoms. The van der Waals surface area contributed by atoms with Crippen LogP contribution in [0.15, 0.2) is 24.3 Å². The molecule has 1 aliphatic rings. The first-order chi connectivity index (χ1) is 9.83. The highest BCUT2D eigenvalue weighted by Crippen LogP contribution is 2.15. The van der Waals surface area contributed by atoms with E-state index < -0.39 is 0 Å². The van der Waals surface area contributed by atoms with Crippen LogP contribution < -0.4 is 0 Å². The Morgan fingerprint density at radius 2 is 2.35 bits per heavy atom. The van der Waals surface area contributed by atoms with Crippen LogP contribution in [0.3, 0.4) is 0 Å². The Hall–Kier alpha value is -1.34. The number of rotatable bonds is 4. The lowest BCUT2D eigenvalue weighted by atomic mass is 10.1. The predicted molar refractivity (Wildman–Crippen MR) is 80.3 cm³/mol. The molecule has 1 aromatic carbocycles. The second-order valence-corrected chi connectivity index (χ2v) is 5.08. The van der Waals surface area contributed by atoms with E-state index in [0.717, 1.165) is 38.3 Å². The van der Waals surface area contributed by atoms with Gasteiger partial charge in [0.05, 0.1) is 19.8 Å². The van der Waals surface area contributed by atoms with E-state index in [0.29, 0.717) is 12.5 Å². The maximum Gasteiger partial charge on any atom is 0.0622 e. The van der Waals surface area contributed by atoms with E-state index in [1.165, 1.54) is 5.56 Å². The van der Waals surface area contributed by atoms with Crippen molar-refractivity contribution in [2.45, 2.75) is 32.4 Å². The molecule has 20 heavy (non-hydrogen) atoms. The van der Waals surface area contributed by atoms with Gasteiger partial charge in [0.25, 0.3) is 0 Å². The summed E-state index contributed by atoms with van der Waals surface area (Å²) in [5.41, 5.74) is 2.32. The Morgan fingerprint density at radius 1 is 1.45 bits per heavy atom. The second-order valence-electron chi connectivity index (χ2n) is 5.08. The minimum absolute atomic E-state index is 0.124. The van der Waals surface area contributed by atoms with Crippen molar-refractivity contribution in [3.05, 3.63) is 35.4 Å². The molecule has 0 aliphatic carbocycles. The van der Waals surface area contributed by atoms with Gasteiger partial charge in [-0.1, -0.05) is 30.9 Å². The van der Waals surface area contributed by atoms with Gasteiger partial charge in [0.15, 0.2) is 0 Å². The van der Waals surface area contributed by atoms with Crippen LogP contribution in [0.2, 0.25) is 0 Å². The molecule has 0 aromatic heterocycles. The van der Waals surface area contributed by atoms with Gasteiger partial charge in [-0.25, -0.2) is 0 Å². The van der Waals surface area contributed by atoms with Gasteiger partial charge in [-0.05, 0) is 24.1 Å². The summed E-state index contributed by atoms with van der Waals surface area (Å²) in [6, 6.07) is 8.89. The molecule has 3 nitrogen and oxygen atoms in total. The van der Waals surface area contributed by atoms with Crippen molar-refractivity contribution in [3.63, 3.8) is 0 Å². The van der Waals surface area contributed by atoms with E-state index in [1.54, 1.807) is 0 Å². The number of nitrogens with zero attached hydrogens (tertiary/aromatic N) is 1. The van der Waals surface area contributed by atoms with Crippen molar-refractivity contribution >= 4 is 0 Å². The molecular weight excluding hydrogens is 250 g/mol. The molecule has 1 fully saturated rings. The van der Waals surface area contributed by atoms with E-state index >= 15 is 0 Å². The third-order valence-electron chi connectivity index (χ3n) is 3.60. The smallest absolute Gasteiger partial charge is 0.0622 e. The van der Waals surface area contributed by atoms with Gasteiger partial charge in [0.2, 0.25) is 0 Å². The van der Waals surface area contributed by atoms with Crippen LogP contribution in [0.1, 0.15) is 30.9 Å². The molecule has 0 amide bonds. The molecule has 0 bridgehead atoms. The van der Waals surface area contributed by atoms with Gasteiger partial charge in [0, 0.05) is 31.1 Å². The fraction of sp³-hybridized carbons (Fsp3) is 0.529. The summed E-state index contributed by atoms with van der Waals surface area (Å²) in [6.45, 7) is 5.96. The first kappa shape index (κ1) is 15.1. The molecule has 1 heterocycles. The summed E-state index contributed by atoms with van der Waals surface area (Å²) in [7, 11) is 0. The number of benzene rings is 1. The minimum Gasteiger partial charge on any atom is -0.395 e. The Labute approximate surface area is 121 Å². The van der Waals surface area contributed by atoms with Gasteiger partial charge in [0.1, 0.15) is 0 Å². The first-order valence-corrected chi connectivity index (χ1v) is 7.34. The SMILES string of the molecule is CCC1COCCN1Cc1cccc(C#CCCO)c1. The van der Waals surface area contributed by atoms with E-state index in [9.17, 15) is 0 Å². The van der Waals surface area contributed by atoms with Gasteiger partial charge < -0.3 is 9.84 Å². The molecule has 1 aromatic rings. The number of hydrogen-bond donors (Lipinski definition) is 1. The topological polar surface area (TPSA) is 32.7 Å². The summed E-state index contributed by atoms with van der Waals surface area (Å²) >= 11 is 0. The van der Waals surface area contributed by atoms with Crippen LogP contribution in [-0.4, -0.2) is 42.4 Å². The molecular formula is C17H23NO2. The fourth-order valence-electron chi connectivity index (χ4n) is 2.48. The van der Waals surface area contributed by atoms with E-state index in [2.05, 4.69) is 41.9 Å². The summed E-state index contributed by atoms with van der Waals surface area (Å²) < 4.78 is 5.54. The highest BCUT2D eigenvalue weighted by molar-refractivity contribution is 5.37. The quantitative estimate of drug-likeness (QED) is 0.852. The predicted octanol–water partition coefficient (Wildman–Crippen LogP) is 2.03. The number of aliphatic hydroxyl groups excluding tert-OH is 1. The van der Waals surface area contributed by atoms with Crippen molar-refractivity contribution in [2.24, 2.45) is 0 Å². The van der Waals surface area contributed by atoms with Crippen LogP contribution in [0, 0.1) is 11.8 Å². The zero-order valence-corrected chi connectivity index (χ0v) is 12.1. The lowest BCUT2D eigenvalue weighted by Gasteiger charge is -2.35. The monoisotopic (exact) mass is 273 g/mol. The molecule has 2 rings (SSSR count). The lowest BCUT2D eigenvalue weighted by molar-refractivity contribution is -0.0127. The molecule has 1 atom stereocenters. The lowest BCUT2D eigenvalue weighted by Crippen LogP contribution is -2.44. The highest BCUT2D eigenvalue weighted by atomic mass is 16.5. The third-order valence-corrected chi connectivity index (χ3v) is 3.60. The maximum atomic E-state index is 8.75. The number of hydrogen-bond acceptors (Lipinski definition) is 3. The Kier molecular flexibility index (Phi) is 6.07. The fourth-order valence-corrected chi connectivity index (χ4v) is 2.48. The van der Waals surface area contributed by atoms with Crippen LogP contribution in [-0.2, 0) is 11.3 Å². The molecule has 0 radical (unpaired) electrons. The van der Waals surface area contributed by atoms with Crippen molar-refractivity contribution in [2.75, 3.05) is 26.4 Å². The van der Waals surface area contributed by atoms with Crippen LogP contribution in [0.5, 0.6) is 0 Å². The zero-order valence-electron chi connectivity index (χ0n) is 12.1. The van der Waals surface area contributed by atoms with Gasteiger partial charge in [-0.15, -0.1) is 0 Å². The average molecular weight is 273 g/mol. The van der Waals surface area contributed by atoms with Gasteiger partial charge in [-0.2, -0.15) is 0 Å². The molecule has 1 N–H and O–H groups in total. The average Bonchev–Trinajstić information content (AvgIpc) is 2.48. The first-order valence-electron chi connectivity index (χ1n) is 7.34. The van der Waals surface area contributed by atoms with Crippen molar-refractivity contribution in [1.29, 1.82) is 0 Å². The summed E-state index contributed by atoms with van der Waals surface area (Å²) in [5.74, 6) is 6.06. The van der Waals surface area contributed by atoms with Crippen molar-refractivity contribution < 1.29 is 9.84 Å². The molecule has 1 aliphatic heterocycles. The van der Waals surface area contributed by atoms with Gasteiger partial charge >= 0.3 is 0 Å². The highest BCUT2D eigenvalue weighted by Gasteiger charge is 2.21. The molecule has 3 heteroatoms. The zero-order chi connectivity index (χ0) is 14.2. The molecule has 1 unspecified atom stereocenters. The molecule has 108 valence electrons. The van der Waals surface area contributed by atoms with Crippen LogP contribution in [0.25, 0.3) is 0 Å². The second kappa shape index (κ2) is 8.06. The van der Waals surface area contributed by atoms with Crippen LogP contribution in [0.4, 0.5) is 0 Å². The minimum atomic E-state index is 0.124. The Balaban J connectivity index is 2.02. The summed E-state index contributed by atoms with van der Waals surface area (Å²) in [5, 5.41) is 8.75. The maximum absolute atomic E-state index is 8.75. The van der Waals surface area contributed by atoms with E-state index in [4.69, 9.17) is 9.84 Å². The Morgan fingerprint density at radius 3 is 3.15 bits per heavy atom. The molecule has 0 saturated carbocycles. The summed E-state index contributed by atoms with van der Waals surface area (Å²) in [6.07, 6.45) is 1.65. The number of morpholine rings is 1. The van der Waals surface area contributed by atoms with E-state index in [1.807, 2.05) is 6.07 Å². The Bertz CT molecular complexity index is 475. The molecule has 1 saturated heterocycles. The summed E-state index contributed by atoms with van der Waals surface area (Å²) in [4.78, 5) is 2.49. The number of ether oxygens (including phenoxy) is 1. The normalized spacial score (nSPS) is 19.4. The van der Waals surface area contributed by atoms with Crippen LogP contribution >= 0.6 is 0 Å². The third kappa shape index (κ3) is 4.35. The largest absolute Gasteiger partial charge is 0.395 e. The van der Waals surface area contributed by atoms with E-state index in [-0.39, 0.29) is 6.61 Å². The van der Waals surface area contributed by atoms with Crippen molar-refractivity contribution in [1.82, 2.24) is 4.90 Å².